The fraction of sp³-hybridized carbons (Fsp3) is 0.500. The lowest BCUT2D eigenvalue weighted by Gasteiger charge is -2.12. The number of aromatic amines is 1. The average Bonchev–Trinajstić information content (AvgIpc) is 2.75. The summed E-state index contributed by atoms with van der Waals surface area (Å²) in [5, 5.41) is 0. The predicted molar refractivity (Wildman–Crippen MR) is 61.4 cm³/mol. The van der Waals surface area contributed by atoms with Crippen LogP contribution in [0.25, 0.3) is 0 Å². The lowest BCUT2D eigenvalue weighted by Crippen LogP contribution is -2.31. The third-order valence-electron chi connectivity index (χ3n) is 2.57. The van der Waals surface area contributed by atoms with E-state index >= 15 is 0 Å². The van der Waals surface area contributed by atoms with Gasteiger partial charge in [0.1, 0.15) is 0 Å². The van der Waals surface area contributed by atoms with E-state index in [1.807, 2.05) is 6.07 Å². The van der Waals surface area contributed by atoms with Crippen LogP contribution in [0.5, 0.6) is 0 Å². The summed E-state index contributed by atoms with van der Waals surface area (Å²) in [6.45, 7) is 2.26. The highest BCUT2D eigenvalue weighted by Gasteiger charge is 2.21. The Hall–Kier alpha value is -0.840. The molecule has 3 N–H and O–H groups in total. The molecule has 15 heavy (non-hydrogen) atoms. The number of carbonyl (C=O) groups is 1. The van der Waals surface area contributed by atoms with Gasteiger partial charge in [-0.1, -0.05) is 0 Å². The van der Waals surface area contributed by atoms with Gasteiger partial charge in [-0.2, -0.15) is 0 Å². The lowest BCUT2D eigenvalue weighted by atomic mass is 10.3. The number of nitrogens with two attached hydrogens (primary N) is 1. The number of likely N-dealkylation sites (tertiary alicyclic amines) is 1. The van der Waals surface area contributed by atoms with E-state index in [1.54, 1.807) is 12.3 Å². The maximum absolute atomic E-state index is 11.7. The first kappa shape index (κ1) is 12.2. The first-order valence-electron chi connectivity index (χ1n) is 4.90. The molecule has 1 aliphatic heterocycles. The maximum Gasteiger partial charge on any atom is 0.192 e. The monoisotopic (exact) mass is 229 g/mol. The van der Waals surface area contributed by atoms with Gasteiger partial charge in [-0.25, -0.2) is 0 Å². The van der Waals surface area contributed by atoms with Gasteiger partial charge in [0, 0.05) is 25.3 Å². The second-order valence-corrected chi connectivity index (χ2v) is 3.79. The fourth-order valence-electron chi connectivity index (χ4n) is 1.80. The van der Waals surface area contributed by atoms with Gasteiger partial charge in [-0.05, 0) is 18.6 Å². The molecule has 2 heterocycles. The van der Waals surface area contributed by atoms with Crippen molar-refractivity contribution in [2.24, 2.45) is 5.73 Å². The van der Waals surface area contributed by atoms with E-state index < -0.39 is 0 Å². The van der Waals surface area contributed by atoms with Crippen LogP contribution >= 0.6 is 12.4 Å². The van der Waals surface area contributed by atoms with Gasteiger partial charge in [-0.3, -0.25) is 9.69 Å². The van der Waals surface area contributed by atoms with Crippen molar-refractivity contribution in [3.05, 3.63) is 24.0 Å². The third-order valence-corrected chi connectivity index (χ3v) is 2.57. The number of ketones is 1. The second kappa shape index (κ2) is 5.30. The number of Topliss-reactive ketones (excluding diaryl/α,β-unsaturated/α-hetero) is 1. The van der Waals surface area contributed by atoms with Crippen molar-refractivity contribution >= 4 is 18.2 Å². The van der Waals surface area contributed by atoms with Crippen LogP contribution in [0, 0.1) is 0 Å². The summed E-state index contributed by atoms with van der Waals surface area (Å²) in [5.41, 5.74) is 6.44. The van der Waals surface area contributed by atoms with Gasteiger partial charge in [0.25, 0.3) is 0 Å². The largest absolute Gasteiger partial charge is 0.359 e. The Morgan fingerprint density at radius 2 is 2.47 bits per heavy atom. The Morgan fingerprint density at radius 1 is 1.67 bits per heavy atom. The number of halogens is 1. The van der Waals surface area contributed by atoms with Crippen LogP contribution in [0.3, 0.4) is 0 Å². The first-order valence-corrected chi connectivity index (χ1v) is 4.90. The highest BCUT2D eigenvalue weighted by atomic mass is 35.5. The molecule has 1 aliphatic rings. The van der Waals surface area contributed by atoms with Gasteiger partial charge in [0.15, 0.2) is 5.78 Å². The minimum atomic E-state index is 0. The molecule has 5 heteroatoms. The Morgan fingerprint density at radius 3 is 3.00 bits per heavy atom. The van der Waals surface area contributed by atoms with E-state index in [-0.39, 0.29) is 24.2 Å². The summed E-state index contributed by atoms with van der Waals surface area (Å²) in [7, 11) is 0. The Balaban J connectivity index is 0.00000112. The summed E-state index contributed by atoms with van der Waals surface area (Å²) in [5.74, 6) is 0.143. The van der Waals surface area contributed by atoms with E-state index in [1.165, 1.54) is 0 Å². The zero-order valence-corrected chi connectivity index (χ0v) is 9.30. The Bertz CT molecular complexity index is 312. The van der Waals surface area contributed by atoms with Crippen LogP contribution in [0.2, 0.25) is 0 Å². The van der Waals surface area contributed by atoms with Crippen molar-refractivity contribution in [1.29, 1.82) is 0 Å². The molecule has 2 rings (SSSR count). The van der Waals surface area contributed by atoms with Crippen LogP contribution in [0.15, 0.2) is 18.3 Å². The van der Waals surface area contributed by atoms with E-state index in [4.69, 9.17) is 5.73 Å². The van der Waals surface area contributed by atoms with Crippen molar-refractivity contribution in [1.82, 2.24) is 9.88 Å². The van der Waals surface area contributed by atoms with E-state index in [0.717, 1.165) is 19.5 Å². The molecule has 1 atom stereocenters. The molecular weight excluding hydrogens is 214 g/mol. The molecular formula is C10H16ClN3O. The van der Waals surface area contributed by atoms with Crippen LogP contribution in [0.1, 0.15) is 16.9 Å². The Kier molecular flexibility index (Phi) is 4.32. The minimum absolute atomic E-state index is 0. The number of aromatic nitrogens is 1. The molecule has 0 unspecified atom stereocenters. The molecule has 0 amide bonds. The number of rotatable bonds is 3. The molecule has 0 saturated carbocycles. The quantitative estimate of drug-likeness (QED) is 0.749. The molecule has 4 nitrogen and oxygen atoms in total. The summed E-state index contributed by atoms with van der Waals surface area (Å²) in [6.07, 6.45) is 2.76. The third kappa shape index (κ3) is 3.06. The number of nitrogens with one attached hydrogen (secondary N) is 1. The maximum atomic E-state index is 11.7. The zero-order chi connectivity index (χ0) is 9.97. The fourth-order valence-corrected chi connectivity index (χ4v) is 1.80. The molecule has 0 spiro atoms. The molecule has 1 fully saturated rings. The van der Waals surface area contributed by atoms with Crippen molar-refractivity contribution in [2.45, 2.75) is 12.5 Å². The van der Waals surface area contributed by atoms with Gasteiger partial charge in [0.2, 0.25) is 0 Å². The number of nitrogens with zero attached hydrogens (tertiary/aromatic N) is 1. The van der Waals surface area contributed by atoms with Crippen molar-refractivity contribution in [3.63, 3.8) is 0 Å². The van der Waals surface area contributed by atoms with Crippen LogP contribution in [-0.2, 0) is 0 Å². The molecule has 1 aromatic heterocycles. The topological polar surface area (TPSA) is 62.1 Å². The van der Waals surface area contributed by atoms with Gasteiger partial charge < -0.3 is 10.7 Å². The van der Waals surface area contributed by atoms with Crippen molar-refractivity contribution < 1.29 is 4.79 Å². The SMILES string of the molecule is Cl.N[C@@H]1CCN(CC(=O)c2ccc[nH]2)C1. The highest BCUT2D eigenvalue weighted by Crippen LogP contribution is 2.07. The number of carbonyl (C=O) groups excluding carboxylic acids is 1. The predicted octanol–water partition coefficient (Wildman–Crippen LogP) is 0.652. The molecule has 84 valence electrons. The first-order chi connectivity index (χ1) is 6.75. The number of H-pyrrole nitrogens is 1. The summed E-state index contributed by atoms with van der Waals surface area (Å²) in [6, 6.07) is 3.88. The van der Waals surface area contributed by atoms with Crippen LogP contribution in [0.4, 0.5) is 0 Å². The van der Waals surface area contributed by atoms with Crippen molar-refractivity contribution in [2.75, 3.05) is 19.6 Å². The standard InChI is InChI=1S/C10H15N3O.ClH/c11-8-3-5-13(6-8)7-10(14)9-2-1-4-12-9;/h1-2,4,8,12H,3,5-7,11H2;1H/t8-;/m1./s1. The van der Waals surface area contributed by atoms with Gasteiger partial charge in [0.05, 0.1) is 12.2 Å². The zero-order valence-electron chi connectivity index (χ0n) is 8.48. The summed E-state index contributed by atoms with van der Waals surface area (Å²) < 4.78 is 0. The molecule has 1 aromatic rings. The van der Waals surface area contributed by atoms with Gasteiger partial charge in [-0.15, -0.1) is 12.4 Å². The smallest absolute Gasteiger partial charge is 0.192 e. The average molecular weight is 230 g/mol. The number of hydrogen-bond donors (Lipinski definition) is 2. The van der Waals surface area contributed by atoms with Gasteiger partial charge >= 0.3 is 0 Å². The van der Waals surface area contributed by atoms with Crippen molar-refractivity contribution in [3.8, 4) is 0 Å². The normalized spacial score (nSPS) is 21.3. The molecule has 0 radical (unpaired) electrons. The summed E-state index contributed by atoms with van der Waals surface area (Å²) >= 11 is 0. The van der Waals surface area contributed by atoms with Crippen LogP contribution in [-0.4, -0.2) is 41.3 Å². The lowest BCUT2D eigenvalue weighted by molar-refractivity contribution is 0.0940. The van der Waals surface area contributed by atoms with E-state index in [2.05, 4.69) is 9.88 Å². The Labute approximate surface area is 95.2 Å². The minimum Gasteiger partial charge on any atom is -0.359 e. The van der Waals surface area contributed by atoms with E-state index in [9.17, 15) is 4.79 Å². The van der Waals surface area contributed by atoms with Crippen LogP contribution < -0.4 is 5.73 Å². The number of hydrogen-bond acceptors (Lipinski definition) is 3. The molecule has 0 aromatic carbocycles. The highest BCUT2D eigenvalue weighted by molar-refractivity contribution is 5.95. The molecule has 0 bridgehead atoms. The summed E-state index contributed by atoms with van der Waals surface area (Å²) in [4.78, 5) is 16.7. The molecule has 1 saturated heterocycles. The second-order valence-electron chi connectivity index (χ2n) is 3.79. The molecule has 0 aliphatic carbocycles. The van der Waals surface area contributed by atoms with E-state index in [0.29, 0.717) is 12.2 Å².